The Labute approximate surface area is 111 Å². The van der Waals surface area contributed by atoms with Crippen LogP contribution in [0.1, 0.15) is 20.8 Å². The zero-order valence-corrected chi connectivity index (χ0v) is 11.5. The van der Waals surface area contributed by atoms with Crippen LogP contribution in [0.5, 0.6) is 5.75 Å². The smallest absolute Gasteiger partial charge is 0.187 e. The van der Waals surface area contributed by atoms with Crippen LogP contribution < -0.4 is 16.2 Å². The summed E-state index contributed by atoms with van der Waals surface area (Å²) in [5, 5.41) is -0.184. The third-order valence-electron chi connectivity index (χ3n) is 2.08. The van der Waals surface area contributed by atoms with Crippen molar-refractivity contribution in [3.8, 4) is 5.75 Å². The van der Waals surface area contributed by atoms with Gasteiger partial charge in [0, 0.05) is 0 Å². The van der Waals surface area contributed by atoms with Gasteiger partial charge in [-0.1, -0.05) is 11.6 Å². The van der Waals surface area contributed by atoms with Crippen LogP contribution in [-0.2, 0) is 4.74 Å². The van der Waals surface area contributed by atoms with E-state index in [-0.39, 0.29) is 34.4 Å². The number of nitrogen functional groups attached to an aromatic ring is 2. The number of nitrogens with two attached hydrogens (primary N) is 2. The highest BCUT2D eigenvalue weighted by Gasteiger charge is 2.16. The Kier molecular flexibility index (Phi) is 4.65. The predicted molar refractivity (Wildman–Crippen MR) is 71.4 cm³/mol. The van der Waals surface area contributed by atoms with Crippen LogP contribution in [0.4, 0.5) is 15.8 Å². The fourth-order valence-corrected chi connectivity index (χ4v) is 1.43. The van der Waals surface area contributed by atoms with Gasteiger partial charge in [-0.2, -0.15) is 0 Å². The van der Waals surface area contributed by atoms with Crippen LogP contribution in [0.2, 0.25) is 5.02 Å². The third-order valence-corrected chi connectivity index (χ3v) is 2.47. The van der Waals surface area contributed by atoms with Crippen LogP contribution in [0, 0.1) is 5.82 Å². The van der Waals surface area contributed by atoms with Gasteiger partial charge < -0.3 is 20.9 Å². The topological polar surface area (TPSA) is 70.5 Å². The highest BCUT2D eigenvalue weighted by molar-refractivity contribution is 6.33. The lowest BCUT2D eigenvalue weighted by Crippen LogP contribution is -2.22. The fraction of sp³-hybridized carbons (Fsp3) is 0.500. The van der Waals surface area contributed by atoms with E-state index in [1.54, 1.807) is 0 Å². The summed E-state index contributed by atoms with van der Waals surface area (Å²) in [5.74, 6) is -0.836. The average molecular weight is 277 g/mol. The summed E-state index contributed by atoms with van der Waals surface area (Å²) in [4.78, 5) is 0. The molecular formula is C12H18ClFN2O2. The summed E-state index contributed by atoms with van der Waals surface area (Å²) in [5.41, 5.74) is 11.0. The summed E-state index contributed by atoms with van der Waals surface area (Å²) in [6, 6.07) is 1.37. The van der Waals surface area contributed by atoms with Crippen LogP contribution >= 0.6 is 11.6 Å². The normalized spacial score (nSPS) is 11.6. The molecule has 0 heterocycles. The Morgan fingerprint density at radius 1 is 1.22 bits per heavy atom. The van der Waals surface area contributed by atoms with Crippen molar-refractivity contribution in [1.29, 1.82) is 0 Å². The maximum Gasteiger partial charge on any atom is 0.187 e. The molecule has 0 saturated heterocycles. The molecule has 0 aliphatic rings. The molecule has 6 heteroatoms. The zero-order valence-electron chi connectivity index (χ0n) is 10.7. The molecule has 0 unspecified atom stereocenters. The molecule has 0 fully saturated rings. The van der Waals surface area contributed by atoms with E-state index in [1.165, 1.54) is 6.07 Å². The Bertz CT molecular complexity index is 433. The van der Waals surface area contributed by atoms with E-state index < -0.39 is 5.82 Å². The van der Waals surface area contributed by atoms with Crippen molar-refractivity contribution in [2.24, 2.45) is 0 Å². The maximum absolute atomic E-state index is 13.7. The largest absolute Gasteiger partial charge is 0.486 e. The molecule has 0 spiro atoms. The van der Waals surface area contributed by atoms with Crippen molar-refractivity contribution in [2.75, 3.05) is 24.7 Å². The number of hydrogen-bond donors (Lipinski definition) is 2. The first-order chi connectivity index (χ1) is 8.22. The standard InChI is InChI=1S/C12H18ClFN2O2/c1-12(2,3)18-5-4-17-11-8(16)6-7(15)9(13)10(11)14/h6H,4-5,15-16H2,1-3H3. The van der Waals surface area contributed by atoms with Crippen LogP contribution in [-0.4, -0.2) is 18.8 Å². The first kappa shape index (κ1) is 14.9. The fourth-order valence-electron chi connectivity index (χ4n) is 1.29. The van der Waals surface area contributed by atoms with Gasteiger partial charge in [0.1, 0.15) is 11.6 Å². The first-order valence-electron chi connectivity index (χ1n) is 5.52. The minimum Gasteiger partial charge on any atom is -0.486 e. The molecule has 1 aromatic carbocycles. The van der Waals surface area contributed by atoms with E-state index >= 15 is 0 Å². The van der Waals surface area contributed by atoms with Crippen molar-refractivity contribution < 1.29 is 13.9 Å². The summed E-state index contributed by atoms with van der Waals surface area (Å²) in [7, 11) is 0. The lowest BCUT2D eigenvalue weighted by molar-refractivity contribution is -0.0165. The van der Waals surface area contributed by atoms with Crippen molar-refractivity contribution in [3.05, 3.63) is 16.9 Å². The van der Waals surface area contributed by atoms with E-state index in [2.05, 4.69) is 0 Å². The quantitative estimate of drug-likeness (QED) is 0.655. The molecule has 18 heavy (non-hydrogen) atoms. The molecule has 0 amide bonds. The Morgan fingerprint density at radius 2 is 1.83 bits per heavy atom. The number of benzene rings is 1. The number of halogens is 2. The molecule has 1 rings (SSSR count). The van der Waals surface area contributed by atoms with Gasteiger partial charge in [-0.15, -0.1) is 0 Å². The van der Waals surface area contributed by atoms with Crippen LogP contribution in [0.25, 0.3) is 0 Å². The molecule has 0 aliphatic heterocycles. The highest BCUT2D eigenvalue weighted by atomic mass is 35.5. The van der Waals surface area contributed by atoms with Crippen molar-refractivity contribution >= 4 is 23.0 Å². The van der Waals surface area contributed by atoms with Crippen molar-refractivity contribution in [1.82, 2.24) is 0 Å². The van der Waals surface area contributed by atoms with Crippen molar-refractivity contribution in [3.63, 3.8) is 0 Å². The van der Waals surface area contributed by atoms with Gasteiger partial charge >= 0.3 is 0 Å². The van der Waals surface area contributed by atoms with Gasteiger partial charge in [0.05, 0.1) is 23.6 Å². The van der Waals surface area contributed by atoms with E-state index in [0.29, 0.717) is 6.61 Å². The summed E-state index contributed by atoms with van der Waals surface area (Å²) >= 11 is 5.67. The second kappa shape index (κ2) is 5.63. The molecule has 4 nitrogen and oxygen atoms in total. The Morgan fingerprint density at radius 3 is 2.39 bits per heavy atom. The second-order valence-corrected chi connectivity index (χ2v) is 5.20. The maximum atomic E-state index is 13.7. The molecule has 0 bridgehead atoms. The lowest BCUT2D eigenvalue weighted by Gasteiger charge is -2.20. The highest BCUT2D eigenvalue weighted by Crippen LogP contribution is 2.35. The molecule has 102 valence electrons. The number of ether oxygens (including phenoxy) is 2. The first-order valence-corrected chi connectivity index (χ1v) is 5.90. The molecular weight excluding hydrogens is 259 g/mol. The van der Waals surface area contributed by atoms with Gasteiger partial charge in [0.2, 0.25) is 0 Å². The van der Waals surface area contributed by atoms with Gasteiger partial charge in [0.25, 0.3) is 0 Å². The van der Waals surface area contributed by atoms with E-state index in [1.807, 2.05) is 20.8 Å². The number of anilines is 2. The second-order valence-electron chi connectivity index (χ2n) is 4.82. The van der Waals surface area contributed by atoms with Gasteiger partial charge in [-0.25, -0.2) is 4.39 Å². The Balaban J connectivity index is 2.66. The number of hydrogen-bond acceptors (Lipinski definition) is 4. The van der Waals surface area contributed by atoms with Gasteiger partial charge in [-0.05, 0) is 26.8 Å². The van der Waals surface area contributed by atoms with Crippen molar-refractivity contribution in [2.45, 2.75) is 26.4 Å². The summed E-state index contributed by atoms with van der Waals surface area (Å²) < 4.78 is 24.4. The van der Waals surface area contributed by atoms with Crippen LogP contribution in [0.3, 0.4) is 0 Å². The average Bonchev–Trinajstić information content (AvgIpc) is 2.23. The summed E-state index contributed by atoms with van der Waals surface area (Å²) in [6.07, 6.45) is 0. The van der Waals surface area contributed by atoms with E-state index in [9.17, 15) is 4.39 Å². The molecule has 0 aliphatic carbocycles. The minimum absolute atomic E-state index is 0.0879. The SMILES string of the molecule is CC(C)(C)OCCOc1c(N)cc(N)c(Cl)c1F. The molecule has 0 atom stereocenters. The predicted octanol–water partition coefficient (Wildman–Crippen LogP) is 2.84. The lowest BCUT2D eigenvalue weighted by atomic mass is 10.2. The minimum atomic E-state index is -0.745. The molecule has 4 N–H and O–H groups in total. The monoisotopic (exact) mass is 276 g/mol. The Hall–Kier alpha value is -1.20. The number of rotatable bonds is 4. The van der Waals surface area contributed by atoms with Gasteiger partial charge in [0.15, 0.2) is 11.6 Å². The van der Waals surface area contributed by atoms with E-state index in [0.717, 1.165) is 0 Å². The van der Waals surface area contributed by atoms with Crippen LogP contribution in [0.15, 0.2) is 6.07 Å². The third kappa shape index (κ3) is 3.92. The van der Waals surface area contributed by atoms with Gasteiger partial charge in [-0.3, -0.25) is 0 Å². The molecule has 1 aromatic rings. The van der Waals surface area contributed by atoms with E-state index in [4.69, 9.17) is 32.5 Å². The molecule has 0 aromatic heterocycles. The molecule has 0 saturated carbocycles. The summed E-state index contributed by atoms with van der Waals surface area (Å²) in [6.45, 7) is 6.26. The zero-order chi connectivity index (χ0) is 13.9. The molecule has 0 radical (unpaired) electrons.